The quantitative estimate of drug-likeness (QED) is 0.130. The van der Waals surface area contributed by atoms with Gasteiger partial charge >= 0.3 is 5.97 Å². The molecule has 11 atom stereocenters. The molecule has 1 aliphatic carbocycles. The van der Waals surface area contributed by atoms with Crippen molar-refractivity contribution in [1.29, 1.82) is 0 Å². The molecule has 5 N–H and O–H groups in total. The number of aliphatic hydroxyl groups excluding tert-OH is 5. The van der Waals surface area contributed by atoms with Crippen LogP contribution in [0.15, 0.2) is 48.6 Å². The summed E-state index contributed by atoms with van der Waals surface area (Å²) in [5.41, 5.74) is -0.240. The number of aliphatic hydroxyl groups is 5. The number of hydrogen-bond acceptors (Lipinski definition) is 11. The summed E-state index contributed by atoms with van der Waals surface area (Å²) >= 11 is 0. The molecule has 0 bridgehead atoms. The number of esters is 1. The zero-order valence-electron chi connectivity index (χ0n) is 18.6. The molecule has 0 radical (unpaired) electrons. The Morgan fingerprint density at radius 1 is 1.03 bits per heavy atom. The average Bonchev–Trinajstić information content (AvgIpc) is 3.58. The first-order chi connectivity index (χ1) is 16.8. The van der Waals surface area contributed by atoms with Crippen LogP contribution in [0.2, 0.25) is 0 Å². The second kappa shape index (κ2) is 9.69. The van der Waals surface area contributed by atoms with E-state index in [1.165, 1.54) is 12.2 Å². The summed E-state index contributed by atoms with van der Waals surface area (Å²) in [6.07, 6.45) is -4.34. The largest absolute Gasteiger partial charge is 0.460 e. The maximum atomic E-state index is 12.1. The van der Waals surface area contributed by atoms with E-state index in [-0.39, 0.29) is 12.5 Å². The highest BCUT2D eigenvalue weighted by Gasteiger charge is 2.74. The molecule has 3 aliphatic heterocycles. The van der Waals surface area contributed by atoms with E-state index in [1.807, 2.05) is 30.3 Å². The number of epoxide rings is 1. The predicted molar refractivity (Wildman–Crippen MR) is 116 cm³/mol. The average molecular weight is 492 g/mol. The fourth-order valence-electron chi connectivity index (χ4n) is 4.83. The van der Waals surface area contributed by atoms with Crippen LogP contribution in [-0.4, -0.2) is 106 Å². The smallest absolute Gasteiger partial charge is 0.330 e. The second-order valence-electron chi connectivity index (χ2n) is 9.05. The van der Waals surface area contributed by atoms with Crippen molar-refractivity contribution in [3.8, 4) is 0 Å². The van der Waals surface area contributed by atoms with Crippen molar-refractivity contribution >= 4 is 12.0 Å². The summed E-state index contributed by atoms with van der Waals surface area (Å²) in [6.45, 7) is -0.736. The molecule has 11 nitrogen and oxygen atoms in total. The van der Waals surface area contributed by atoms with Gasteiger partial charge in [-0.1, -0.05) is 36.4 Å². The molecule has 0 spiro atoms. The van der Waals surface area contributed by atoms with Gasteiger partial charge in [0.15, 0.2) is 12.6 Å². The standard InChI is InChI=1S/C24H28O11/c25-11-24-21(30)13-7-9-16(33-20(13)22(24)35-24)34-23-19(29)18(28)17(27)14(32-23)10-31-15(26)8-6-12-4-2-1-3-5-12/h1-9,13-14,16-23,25,27-30H,10-11H2/t13-,14+,16-,17+,18-,19+,20+,21+,22-,23-,24+/m0/s1. The van der Waals surface area contributed by atoms with Crippen molar-refractivity contribution in [2.75, 3.05) is 13.2 Å². The van der Waals surface area contributed by atoms with Crippen molar-refractivity contribution in [2.45, 2.75) is 60.9 Å². The Morgan fingerprint density at radius 3 is 2.54 bits per heavy atom. The Hall–Kier alpha value is -2.19. The van der Waals surface area contributed by atoms with Gasteiger partial charge in [0.2, 0.25) is 0 Å². The fraction of sp³-hybridized carbons (Fsp3) is 0.542. The third-order valence-corrected chi connectivity index (χ3v) is 6.88. The van der Waals surface area contributed by atoms with Crippen molar-refractivity contribution in [3.63, 3.8) is 0 Å². The van der Waals surface area contributed by atoms with E-state index in [0.29, 0.717) is 0 Å². The van der Waals surface area contributed by atoms with Gasteiger partial charge in [0.1, 0.15) is 42.7 Å². The maximum Gasteiger partial charge on any atom is 0.330 e. The van der Waals surface area contributed by atoms with E-state index in [0.717, 1.165) is 5.56 Å². The molecule has 0 unspecified atom stereocenters. The molecule has 35 heavy (non-hydrogen) atoms. The lowest BCUT2D eigenvalue weighted by atomic mass is 9.97. The van der Waals surface area contributed by atoms with Crippen LogP contribution in [0.25, 0.3) is 6.08 Å². The Morgan fingerprint density at radius 2 is 1.80 bits per heavy atom. The molecule has 0 aromatic heterocycles. The second-order valence-corrected chi connectivity index (χ2v) is 9.05. The summed E-state index contributed by atoms with van der Waals surface area (Å²) in [5.74, 6) is -1.06. The van der Waals surface area contributed by atoms with E-state index < -0.39 is 73.5 Å². The SMILES string of the molecule is O=C(C=Cc1ccccc1)OC[C@H]1O[C@@H](O[C@H]2C=C[C@H]3[C@@H](O2)[C@@H]2O[C@]2(CO)[C@@H]3O)[C@H](O)[C@@H](O)[C@@H]1O. The number of rotatable bonds is 7. The van der Waals surface area contributed by atoms with Gasteiger partial charge in [0.05, 0.1) is 18.8 Å². The van der Waals surface area contributed by atoms with Crippen LogP contribution in [0, 0.1) is 5.92 Å². The van der Waals surface area contributed by atoms with Crippen molar-refractivity contribution in [1.82, 2.24) is 0 Å². The van der Waals surface area contributed by atoms with Crippen molar-refractivity contribution in [2.24, 2.45) is 5.92 Å². The minimum atomic E-state index is -1.63. The first kappa shape index (κ1) is 24.5. The van der Waals surface area contributed by atoms with Crippen LogP contribution >= 0.6 is 0 Å². The van der Waals surface area contributed by atoms with Crippen LogP contribution in [0.1, 0.15) is 5.56 Å². The predicted octanol–water partition coefficient (Wildman–Crippen LogP) is -1.53. The highest BCUT2D eigenvalue weighted by atomic mass is 16.8. The first-order valence-corrected chi connectivity index (χ1v) is 11.4. The van der Waals surface area contributed by atoms with E-state index in [4.69, 9.17) is 23.7 Å². The number of fused-ring (bicyclic) bond motifs is 3. The molecule has 1 saturated carbocycles. The van der Waals surface area contributed by atoms with Gasteiger partial charge in [-0.25, -0.2) is 4.79 Å². The van der Waals surface area contributed by atoms with E-state index in [1.54, 1.807) is 12.2 Å². The van der Waals surface area contributed by atoms with Gasteiger partial charge < -0.3 is 49.2 Å². The Labute approximate surface area is 200 Å². The van der Waals surface area contributed by atoms with E-state index in [2.05, 4.69) is 0 Å². The van der Waals surface area contributed by atoms with Gasteiger partial charge in [-0.2, -0.15) is 0 Å². The summed E-state index contributed by atoms with van der Waals surface area (Å²) in [7, 11) is 0. The van der Waals surface area contributed by atoms with Gasteiger partial charge in [0.25, 0.3) is 0 Å². The minimum Gasteiger partial charge on any atom is -0.460 e. The number of carbonyl (C=O) groups is 1. The Balaban J connectivity index is 1.17. The normalized spacial score (nSPS) is 44.1. The molecular formula is C24H28O11. The molecule has 11 heteroatoms. The third kappa shape index (κ3) is 4.55. The molecule has 190 valence electrons. The fourth-order valence-corrected chi connectivity index (χ4v) is 4.83. The molecule has 0 amide bonds. The van der Waals surface area contributed by atoms with Crippen LogP contribution in [0.4, 0.5) is 0 Å². The first-order valence-electron chi connectivity index (χ1n) is 11.4. The highest BCUT2D eigenvalue weighted by Crippen LogP contribution is 2.55. The number of benzene rings is 1. The third-order valence-electron chi connectivity index (χ3n) is 6.88. The molecule has 3 fully saturated rings. The lowest BCUT2D eigenvalue weighted by Crippen LogP contribution is -2.60. The Bertz CT molecular complexity index is 967. The van der Waals surface area contributed by atoms with Crippen molar-refractivity contribution < 1.29 is 54.0 Å². The van der Waals surface area contributed by atoms with Gasteiger partial charge in [-0.15, -0.1) is 0 Å². The highest BCUT2D eigenvalue weighted by molar-refractivity contribution is 5.87. The van der Waals surface area contributed by atoms with Crippen LogP contribution in [-0.2, 0) is 28.5 Å². The van der Waals surface area contributed by atoms with Crippen LogP contribution < -0.4 is 0 Å². The van der Waals surface area contributed by atoms with Crippen molar-refractivity contribution in [3.05, 3.63) is 54.1 Å². The van der Waals surface area contributed by atoms with E-state index >= 15 is 0 Å². The molecule has 4 aliphatic rings. The van der Waals surface area contributed by atoms with Gasteiger partial charge in [-0.3, -0.25) is 0 Å². The Kier molecular flexibility index (Phi) is 6.79. The minimum absolute atomic E-state index is 0.343. The summed E-state index contributed by atoms with van der Waals surface area (Å²) in [6, 6.07) is 9.12. The lowest BCUT2D eigenvalue weighted by molar-refractivity contribution is -0.336. The monoisotopic (exact) mass is 492 g/mol. The number of ether oxygens (including phenoxy) is 5. The lowest BCUT2D eigenvalue weighted by Gasteiger charge is -2.41. The van der Waals surface area contributed by atoms with Crippen LogP contribution in [0.5, 0.6) is 0 Å². The molecule has 5 rings (SSSR count). The zero-order chi connectivity index (χ0) is 24.7. The maximum absolute atomic E-state index is 12.1. The zero-order valence-corrected chi connectivity index (χ0v) is 18.6. The van der Waals surface area contributed by atoms with Gasteiger partial charge in [0, 0.05) is 12.0 Å². The molecule has 3 heterocycles. The molecule has 1 aromatic rings. The number of carbonyl (C=O) groups excluding carboxylic acids is 1. The topological polar surface area (TPSA) is 168 Å². The summed E-state index contributed by atoms with van der Waals surface area (Å²) in [4.78, 5) is 12.1. The summed E-state index contributed by atoms with van der Waals surface area (Å²) in [5, 5.41) is 50.9. The van der Waals surface area contributed by atoms with E-state index in [9.17, 15) is 30.3 Å². The molecular weight excluding hydrogens is 464 g/mol. The number of hydrogen-bond donors (Lipinski definition) is 5. The molecule has 1 aromatic carbocycles. The summed E-state index contributed by atoms with van der Waals surface area (Å²) < 4.78 is 27.7. The van der Waals surface area contributed by atoms with Gasteiger partial charge in [-0.05, 0) is 17.7 Å². The molecule has 2 saturated heterocycles. The van der Waals surface area contributed by atoms with Crippen LogP contribution in [0.3, 0.4) is 0 Å².